The zero-order valence-corrected chi connectivity index (χ0v) is 16.8. The minimum Gasteiger partial charge on any atom is -0.461 e. The normalized spacial score (nSPS) is 12.6. The van der Waals surface area contributed by atoms with Gasteiger partial charge in [-0.3, -0.25) is 9.67 Å². The maximum atomic E-state index is 12.6. The van der Waals surface area contributed by atoms with Crippen molar-refractivity contribution in [2.24, 2.45) is 5.73 Å². The molecule has 0 unspecified atom stereocenters. The summed E-state index contributed by atoms with van der Waals surface area (Å²) in [6.45, 7) is 3.00. The Labute approximate surface area is 173 Å². The highest BCUT2D eigenvalue weighted by molar-refractivity contribution is 5.93. The van der Waals surface area contributed by atoms with Gasteiger partial charge >= 0.3 is 5.97 Å². The molecular formula is C23H23N5O2. The van der Waals surface area contributed by atoms with Crippen LogP contribution < -0.4 is 5.73 Å². The standard InChI is InChI=1S/C23H23N5O2/c1-2-30-23(29)22-16-8-7-15-13-25-19(12-17(15)21(16)27-28(22)10-9-24)20-11-14-5-3-4-6-18(14)26-20/h3-6,11-13,26H,2,7-10,24H2,1H3. The monoisotopic (exact) mass is 401 g/mol. The smallest absolute Gasteiger partial charge is 0.356 e. The summed E-state index contributed by atoms with van der Waals surface area (Å²) in [4.78, 5) is 20.8. The molecule has 30 heavy (non-hydrogen) atoms. The lowest BCUT2D eigenvalue weighted by Crippen LogP contribution is -2.19. The summed E-state index contributed by atoms with van der Waals surface area (Å²) < 4.78 is 6.99. The van der Waals surface area contributed by atoms with E-state index in [4.69, 9.17) is 15.6 Å². The fourth-order valence-corrected chi connectivity index (χ4v) is 4.19. The second-order valence-corrected chi connectivity index (χ2v) is 7.41. The van der Waals surface area contributed by atoms with E-state index < -0.39 is 0 Å². The van der Waals surface area contributed by atoms with E-state index in [-0.39, 0.29) is 5.97 Å². The summed E-state index contributed by atoms with van der Waals surface area (Å²) in [7, 11) is 0. The number of hydrogen-bond acceptors (Lipinski definition) is 5. The molecule has 152 valence electrons. The minimum atomic E-state index is -0.340. The number of carbonyl (C=O) groups is 1. The Kier molecular flexibility index (Phi) is 4.59. The Hall–Kier alpha value is -3.45. The number of esters is 1. The van der Waals surface area contributed by atoms with Crippen LogP contribution in [0, 0.1) is 0 Å². The van der Waals surface area contributed by atoms with Crippen LogP contribution in [0.5, 0.6) is 0 Å². The highest BCUT2D eigenvalue weighted by atomic mass is 16.5. The van der Waals surface area contributed by atoms with E-state index in [1.807, 2.05) is 25.3 Å². The first-order chi connectivity index (χ1) is 14.7. The third-order valence-electron chi connectivity index (χ3n) is 5.55. The maximum absolute atomic E-state index is 12.6. The van der Waals surface area contributed by atoms with Gasteiger partial charge < -0.3 is 15.5 Å². The van der Waals surface area contributed by atoms with Gasteiger partial charge in [0.1, 0.15) is 5.69 Å². The van der Waals surface area contributed by atoms with Crippen molar-refractivity contribution in [3.63, 3.8) is 0 Å². The van der Waals surface area contributed by atoms with Crippen molar-refractivity contribution in [1.82, 2.24) is 19.7 Å². The van der Waals surface area contributed by atoms with E-state index in [0.29, 0.717) is 25.4 Å². The number of aromatic amines is 1. The molecule has 3 N–H and O–H groups in total. The number of nitrogens with two attached hydrogens (primary N) is 1. The van der Waals surface area contributed by atoms with Crippen LogP contribution >= 0.6 is 0 Å². The molecule has 1 aliphatic rings. The summed E-state index contributed by atoms with van der Waals surface area (Å²) in [6, 6.07) is 12.3. The van der Waals surface area contributed by atoms with Crippen LogP contribution in [0.15, 0.2) is 42.6 Å². The molecule has 0 fully saturated rings. The third-order valence-corrected chi connectivity index (χ3v) is 5.55. The Morgan fingerprint density at radius 1 is 1.27 bits per heavy atom. The Morgan fingerprint density at radius 2 is 2.13 bits per heavy atom. The fourth-order valence-electron chi connectivity index (χ4n) is 4.19. The SMILES string of the molecule is CCOC(=O)c1c2c(nn1CCN)-c1cc(-c3cc4ccccc4[nH]3)ncc1CC2. The second-order valence-electron chi connectivity index (χ2n) is 7.41. The van der Waals surface area contributed by atoms with Gasteiger partial charge in [0.05, 0.1) is 30.2 Å². The number of carbonyl (C=O) groups excluding carboxylic acids is 1. The van der Waals surface area contributed by atoms with Gasteiger partial charge in [0.2, 0.25) is 0 Å². The summed E-state index contributed by atoms with van der Waals surface area (Å²) in [5, 5.41) is 5.90. The van der Waals surface area contributed by atoms with Crippen LogP contribution in [0.3, 0.4) is 0 Å². The van der Waals surface area contributed by atoms with E-state index in [1.165, 1.54) is 0 Å². The van der Waals surface area contributed by atoms with Gasteiger partial charge in [0, 0.05) is 34.8 Å². The van der Waals surface area contributed by atoms with Gasteiger partial charge in [0.15, 0.2) is 0 Å². The maximum Gasteiger partial charge on any atom is 0.356 e. The molecule has 4 aromatic rings. The van der Waals surface area contributed by atoms with Crippen LogP contribution in [-0.2, 0) is 24.1 Å². The predicted molar refractivity (Wildman–Crippen MR) is 115 cm³/mol. The molecule has 1 aliphatic carbocycles. The van der Waals surface area contributed by atoms with Crippen molar-refractivity contribution in [2.75, 3.05) is 13.2 Å². The molecule has 1 aromatic carbocycles. The number of aryl methyl sites for hydroxylation is 1. The highest BCUT2D eigenvalue weighted by Crippen LogP contribution is 2.36. The molecule has 5 rings (SSSR count). The molecule has 0 spiro atoms. The molecule has 0 saturated carbocycles. The topological polar surface area (TPSA) is 98.8 Å². The first-order valence-corrected chi connectivity index (χ1v) is 10.2. The number of aromatic nitrogens is 4. The molecule has 0 atom stereocenters. The van der Waals surface area contributed by atoms with Crippen LogP contribution in [0.1, 0.15) is 28.5 Å². The van der Waals surface area contributed by atoms with Crippen LogP contribution in [-0.4, -0.2) is 38.9 Å². The van der Waals surface area contributed by atoms with Crippen LogP contribution in [0.2, 0.25) is 0 Å². The quantitative estimate of drug-likeness (QED) is 0.500. The van der Waals surface area contributed by atoms with Gasteiger partial charge in [-0.05, 0) is 43.5 Å². The molecular weight excluding hydrogens is 378 g/mol. The molecule has 7 nitrogen and oxygen atoms in total. The lowest BCUT2D eigenvalue weighted by molar-refractivity contribution is 0.0510. The van der Waals surface area contributed by atoms with E-state index >= 15 is 0 Å². The number of para-hydroxylation sites is 1. The second kappa shape index (κ2) is 7.42. The van der Waals surface area contributed by atoms with Crippen molar-refractivity contribution in [2.45, 2.75) is 26.3 Å². The van der Waals surface area contributed by atoms with Gasteiger partial charge in [-0.25, -0.2) is 4.79 Å². The first kappa shape index (κ1) is 18.6. The lowest BCUT2D eigenvalue weighted by atomic mass is 9.89. The van der Waals surface area contributed by atoms with E-state index in [2.05, 4.69) is 34.2 Å². The fraction of sp³-hybridized carbons (Fsp3) is 0.261. The summed E-state index contributed by atoms with van der Waals surface area (Å²) in [6.07, 6.45) is 3.46. The number of nitrogens with zero attached hydrogens (tertiary/aromatic N) is 3. The average Bonchev–Trinajstić information content (AvgIpc) is 3.35. The molecule has 0 bridgehead atoms. The predicted octanol–water partition coefficient (Wildman–Crippen LogP) is 3.33. The largest absolute Gasteiger partial charge is 0.461 e. The number of fused-ring (bicyclic) bond motifs is 4. The van der Waals surface area contributed by atoms with Crippen molar-refractivity contribution < 1.29 is 9.53 Å². The van der Waals surface area contributed by atoms with E-state index in [1.54, 1.807) is 4.68 Å². The Balaban J connectivity index is 1.63. The van der Waals surface area contributed by atoms with Crippen molar-refractivity contribution in [3.8, 4) is 22.6 Å². The summed E-state index contributed by atoms with van der Waals surface area (Å²) >= 11 is 0. The van der Waals surface area contributed by atoms with Gasteiger partial charge in [0.25, 0.3) is 0 Å². The lowest BCUT2D eigenvalue weighted by Gasteiger charge is -2.16. The number of rotatable bonds is 5. The first-order valence-electron chi connectivity index (χ1n) is 10.2. The molecule has 3 heterocycles. The number of pyridine rings is 1. The minimum absolute atomic E-state index is 0.326. The number of hydrogen-bond donors (Lipinski definition) is 2. The highest BCUT2D eigenvalue weighted by Gasteiger charge is 2.29. The van der Waals surface area contributed by atoms with Crippen molar-refractivity contribution in [1.29, 1.82) is 0 Å². The number of benzene rings is 1. The number of nitrogens with one attached hydrogen (secondary N) is 1. The molecule has 0 amide bonds. The third kappa shape index (κ3) is 2.98. The van der Waals surface area contributed by atoms with E-state index in [0.717, 1.165) is 57.5 Å². The van der Waals surface area contributed by atoms with Crippen molar-refractivity contribution in [3.05, 3.63) is 59.4 Å². The number of ether oxygens (including phenoxy) is 1. The Bertz CT molecular complexity index is 1220. The molecule has 0 radical (unpaired) electrons. The van der Waals surface area contributed by atoms with Gasteiger partial charge in [-0.15, -0.1) is 0 Å². The van der Waals surface area contributed by atoms with E-state index in [9.17, 15) is 4.79 Å². The molecule has 7 heteroatoms. The molecule has 0 aliphatic heterocycles. The summed E-state index contributed by atoms with van der Waals surface area (Å²) in [5.74, 6) is -0.340. The van der Waals surface area contributed by atoms with Gasteiger partial charge in [-0.1, -0.05) is 18.2 Å². The van der Waals surface area contributed by atoms with Crippen molar-refractivity contribution >= 4 is 16.9 Å². The Morgan fingerprint density at radius 3 is 2.93 bits per heavy atom. The molecule has 3 aromatic heterocycles. The average molecular weight is 401 g/mol. The number of H-pyrrole nitrogens is 1. The summed E-state index contributed by atoms with van der Waals surface area (Å²) in [5.41, 5.74) is 13.1. The van der Waals surface area contributed by atoms with Crippen LogP contribution in [0.4, 0.5) is 0 Å². The zero-order valence-electron chi connectivity index (χ0n) is 16.8. The molecule has 0 saturated heterocycles. The van der Waals surface area contributed by atoms with Crippen LogP contribution in [0.25, 0.3) is 33.5 Å². The van der Waals surface area contributed by atoms with Gasteiger partial charge in [-0.2, -0.15) is 5.10 Å². The zero-order chi connectivity index (χ0) is 20.7.